The number of benzene rings is 1. The minimum absolute atomic E-state index is 0.146. The molecule has 3 nitrogen and oxygen atoms in total. The van der Waals surface area contributed by atoms with Gasteiger partial charge < -0.3 is 5.73 Å². The van der Waals surface area contributed by atoms with E-state index in [1.54, 1.807) is 0 Å². The van der Waals surface area contributed by atoms with E-state index in [9.17, 15) is 0 Å². The molecule has 3 fully saturated rings. The summed E-state index contributed by atoms with van der Waals surface area (Å²) in [6.07, 6.45) is 4.16. The maximum absolute atomic E-state index is 5.93. The Morgan fingerprint density at radius 1 is 1.20 bits per heavy atom. The summed E-state index contributed by atoms with van der Waals surface area (Å²) in [6, 6.07) is 8.66. The van der Waals surface area contributed by atoms with E-state index in [1.165, 1.54) is 24.8 Å². The third kappa shape index (κ3) is 1.48. The molecule has 2 N–H and O–H groups in total. The number of hydrogen-bond donors (Lipinski definition) is 1. The number of anilines is 1. The fourth-order valence-corrected chi connectivity index (χ4v) is 4.74. The first-order chi connectivity index (χ1) is 9.43. The summed E-state index contributed by atoms with van der Waals surface area (Å²) in [4.78, 5) is 5.93. The van der Waals surface area contributed by atoms with Crippen molar-refractivity contribution in [2.45, 2.75) is 52.3 Å². The van der Waals surface area contributed by atoms with Gasteiger partial charge in [0.1, 0.15) is 0 Å². The molecule has 4 rings (SSSR count). The van der Waals surface area contributed by atoms with Crippen LogP contribution in [0, 0.1) is 16.7 Å². The molecule has 20 heavy (non-hydrogen) atoms. The number of hydrogen-bond acceptors (Lipinski definition) is 3. The van der Waals surface area contributed by atoms with E-state index in [4.69, 9.17) is 10.6 Å². The molecule has 5 unspecified atom stereocenters. The smallest absolute Gasteiger partial charge is 0.180 e. The fraction of sp³-hybridized carbons (Fsp3) is 0.647. The number of hydroxylamine groups is 2. The lowest BCUT2D eigenvalue weighted by Gasteiger charge is -2.38. The van der Waals surface area contributed by atoms with Crippen LogP contribution in [0.15, 0.2) is 24.3 Å². The van der Waals surface area contributed by atoms with Gasteiger partial charge in [0.05, 0.1) is 0 Å². The summed E-state index contributed by atoms with van der Waals surface area (Å²) in [7, 11) is 0. The lowest BCUT2D eigenvalue weighted by molar-refractivity contribution is 0.0306. The SMILES string of the molecule is CC1(C)C2CCC1(C)C(N1OC1c1ccc(N)cc1)C2. The minimum Gasteiger partial charge on any atom is -0.399 e. The van der Waals surface area contributed by atoms with E-state index in [-0.39, 0.29) is 6.23 Å². The summed E-state index contributed by atoms with van der Waals surface area (Å²) in [5, 5.41) is 2.24. The van der Waals surface area contributed by atoms with Crippen molar-refractivity contribution < 1.29 is 4.84 Å². The zero-order valence-corrected chi connectivity index (χ0v) is 12.6. The lowest BCUT2D eigenvalue weighted by Crippen LogP contribution is -2.39. The molecule has 0 aromatic heterocycles. The fourth-order valence-electron chi connectivity index (χ4n) is 4.74. The first kappa shape index (κ1) is 12.7. The monoisotopic (exact) mass is 272 g/mol. The molecule has 3 heteroatoms. The molecule has 2 saturated carbocycles. The first-order valence-corrected chi connectivity index (χ1v) is 7.74. The van der Waals surface area contributed by atoms with Crippen molar-refractivity contribution in [1.29, 1.82) is 0 Å². The lowest BCUT2D eigenvalue weighted by atomic mass is 9.69. The van der Waals surface area contributed by atoms with Gasteiger partial charge >= 0.3 is 0 Å². The van der Waals surface area contributed by atoms with Gasteiger partial charge in [0.2, 0.25) is 0 Å². The number of nitrogens with two attached hydrogens (primary N) is 1. The summed E-state index contributed by atoms with van der Waals surface area (Å²) in [5.74, 6) is 0.855. The van der Waals surface area contributed by atoms with Crippen LogP contribution in [0.1, 0.15) is 51.8 Å². The molecule has 3 aliphatic rings. The van der Waals surface area contributed by atoms with Crippen molar-refractivity contribution in [2.75, 3.05) is 5.73 Å². The van der Waals surface area contributed by atoms with E-state index in [1.807, 2.05) is 12.1 Å². The van der Waals surface area contributed by atoms with Gasteiger partial charge in [-0.1, -0.05) is 32.9 Å². The number of rotatable bonds is 2. The van der Waals surface area contributed by atoms with E-state index < -0.39 is 0 Å². The molecule has 1 saturated heterocycles. The molecule has 5 atom stereocenters. The second kappa shape index (κ2) is 3.77. The van der Waals surface area contributed by atoms with Gasteiger partial charge in [-0.3, -0.25) is 4.84 Å². The molecular formula is C17H24N2O. The molecule has 1 aromatic rings. The van der Waals surface area contributed by atoms with Gasteiger partial charge in [0.15, 0.2) is 6.23 Å². The molecule has 1 aliphatic heterocycles. The number of nitrogen functional groups attached to an aromatic ring is 1. The van der Waals surface area contributed by atoms with Crippen molar-refractivity contribution in [1.82, 2.24) is 5.06 Å². The van der Waals surface area contributed by atoms with Crippen LogP contribution in [0.3, 0.4) is 0 Å². The Morgan fingerprint density at radius 2 is 1.90 bits per heavy atom. The third-order valence-electron chi connectivity index (χ3n) is 6.68. The van der Waals surface area contributed by atoms with Crippen molar-refractivity contribution in [3.8, 4) is 0 Å². The summed E-state index contributed by atoms with van der Waals surface area (Å²) < 4.78 is 0. The van der Waals surface area contributed by atoms with Gasteiger partial charge in [-0.05, 0) is 53.7 Å². The van der Waals surface area contributed by atoms with E-state index in [2.05, 4.69) is 38.0 Å². The highest BCUT2D eigenvalue weighted by Gasteiger charge is 2.66. The minimum atomic E-state index is 0.146. The van der Waals surface area contributed by atoms with E-state index in [0.29, 0.717) is 16.9 Å². The summed E-state index contributed by atoms with van der Waals surface area (Å²) >= 11 is 0. The maximum atomic E-state index is 5.93. The van der Waals surface area contributed by atoms with Crippen LogP contribution in [0.4, 0.5) is 5.69 Å². The van der Waals surface area contributed by atoms with Crippen LogP contribution in [0.25, 0.3) is 0 Å². The van der Waals surface area contributed by atoms with Crippen LogP contribution in [0.5, 0.6) is 0 Å². The highest BCUT2D eigenvalue weighted by molar-refractivity contribution is 5.40. The van der Waals surface area contributed by atoms with Crippen LogP contribution in [-0.2, 0) is 4.84 Å². The van der Waals surface area contributed by atoms with Crippen molar-refractivity contribution in [3.63, 3.8) is 0 Å². The Kier molecular flexibility index (Phi) is 2.39. The van der Waals surface area contributed by atoms with Crippen LogP contribution >= 0.6 is 0 Å². The average Bonchev–Trinajstić information content (AvgIpc) is 3.12. The molecule has 1 aromatic carbocycles. The highest BCUT2D eigenvalue weighted by atomic mass is 16.8. The largest absolute Gasteiger partial charge is 0.399 e. The Labute approximate surface area is 121 Å². The zero-order valence-electron chi connectivity index (χ0n) is 12.6. The van der Waals surface area contributed by atoms with Crippen molar-refractivity contribution in [2.24, 2.45) is 16.7 Å². The van der Waals surface area contributed by atoms with Gasteiger partial charge in [-0.2, -0.15) is 0 Å². The van der Waals surface area contributed by atoms with Crippen molar-refractivity contribution in [3.05, 3.63) is 29.8 Å². The highest BCUT2D eigenvalue weighted by Crippen LogP contribution is 2.68. The van der Waals surface area contributed by atoms with Gasteiger partial charge in [0.25, 0.3) is 0 Å². The third-order valence-corrected chi connectivity index (χ3v) is 6.68. The molecule has 108 valence electrons. The zero-order chi connectivity index (χ0) is 14.1. The Bertz CT molecular complexity index is 538. The second-order valence-corrected chi connectivity index (χ2v) is 7.61. The Morgan fingerprint density at radius 3 is 2.45 bits per heavy atom. The number of fused-ring (bicyclic) bond motifs is 2. The van der Waals surface area contributed by atoms with Crippen LogP contribution in [0.2, 0.25) is 0 Å². The Hall–Kier alpha value is -1.06. The second-order valence-electron chi connectivity index (χ2n) is 7.61. The average molecular weight is 272 g/mol. The molecule has 2 aliphatic carbocycles. The molecular weight excluding hydrogens is 248 g/mol. The van der Waals surface area contributed by atoms with E-state index in [0.717, 1.165) is 11.6 Å². The normalized spacial score (nSPS) is 44.8. The van der Waals surface area contributed by atoms with Crippen LogP contribution in [-0.4, -0.2) is 11.1 Å². The summed E-state index contributed by atoms with van der Waals surface area (Å²) in [6.45, 7) is 7.37. The maximum Gasteiger partial charge on any atom is 0.180 e. The summed E-state index contributed by atoms with van der Waals surface area (Å²) in [5.41, 5.74) is 8.62. The van der Waals surface area contributed by atoms with Gasteiger partial charge in [0, 0.05) is 11.7 Å². The molecule has 0 amide bonds. The van der Waals surface area contributed by atoms with Gasteiger partial charge in [-0.15, -0.1) is 5.06 Å². The number of nitrogens with zero attached hydrogens (tertiary/aromatic N) is 1. The molecule has 0 spiro atoms. The van der Waals surface area contributed by atoms with Crippen LogP contribution < -0.4 is 5.73 Å². The predicted molar refractivity (Wildman–Crippen MR) is 79.5 cm³/mol. The molecule has 1 heterocycles. The Balaban J connectivity index is 1.56. The standard InChI is InChI=1S/C17H24N2O/c1-16(2)12-8-9-17(16,3)14(10-12)19-15(20-19)11-4-6-13(18)7-5-11/h4-7,12,14-15H,8-10,18H2,1-3H3. The van der Waals surface area contributed by atoms with Crippen molar-refractivity contribution >= 4 is 5.69 Å². The van der Waals surface area contributed by atoms with Gasteiger partial charge in [-0.25, -0.2) is 0 Å². The predicted octanol–water partition coefficient (Wildman–Crippen LogP) is 3.73. The quantitative estimate of drug-likeness (QED) is 0.659. The molecule has 0 radical (unpaired) electrons. The topological polar surface area (TPSA) is 41.6 Å². The molecule has 2 bridgehead atoms. The van der Waals surface area contributed by atoms with E-state index >= 15 is 0 Å². The first-order valence-electron chi connectivity index (χ1n) is 7.74.